The molecule has 0 spiro atoms. The third kappa shape index (κ3) is 6.21. The molecular weight excluding hydrogens is 674 g/mol. The van der Waals surface area contributed by atoms with E-state index < -0.39 is 29.9 Å². The molecule has 2 aromatic carbocycles. The van der Waals surface area contributed by atoms with Crippen molar-refractivity contribution in [2.45, 2.75) is 26.1 Å². The van der Waals surface area contributed by atoms with Crippen LogP contribution in [0.15, 0.2) is 46.7 Å². The monoisotopic (exact) mass is 699 g/mol. The highest BCUT2D eigenvalue weighted by Gasteiger charge is 2.38. The molecule has 0 bridgehead atoms. The van der Waals surface area contributed by atoms with Crippen LogP contribution >= 0.6 is 22.9 Å². The van der Waals surface area contributed by atoms with E-state index in [0.717, 1.165) is 6.07 Å². The standard InChI is InChI=1S/C33H26ClF4N5O4S/c1-17-41-26-12-25(33(36,37)38)21(10-18-14-42(15-18)7-5-35)23(13-39)28(26)31(44)43(17)8-9-47-27-3-2-19(34)11-22(27)20-4-6-40-29-24(32(45)46)16-48-30(20)29/h2-4,6,11-12,16,18H,5,7-10,14-15H2,1H3,(H,45,46). The van der Waals surface area contributed by atoms with Crippen LogP contribution in [0.25, 0.3) is 32.2 Å². The average molecular weight is 700 g/mol. The lowest BCUT2D eigenvalue weighted by atomic mass is 9.86. The molecule has 0 amide bonds. The number of carbonyl (C=O) groups is 1. The molecule has 1 saturated heterocycles. The van der Waals surface area contributed by atoms with Crippen LogP contribution in [0, 0.1) is 24.2 Å². The van der Waals surface area contributed by atoms with Gasteiger partial charge in [0.15, 0.2) is 0 Å². The molecule has 15 heteroatoms. The highest BCUT2D eigenvalue weighted by molar-refractivity contribution is 7.18. The molecule has 0 atom stereocenters. The van der Waals surface area contributed by atoms with Gasteiger partial charge in [-0.2, -0.15) is 18.4 Å². The average Bonchev–Trinajstić information content (AvgIpc) is 3.46. The molecule has 5 aromatic rings. The first-order valence-electron chi connectivity index (χ1n) is 14.8. The summed E-state index contributed by atoms with van der Waals surface area (Å²) in [5, 5.41) is 21.3. The van der Waals surface area contributed by atoms with Crippen molar-refractivity contribution in [2.24, 2.45) is 5.92 Å². The number of carboxylic acid groups (broad SMARTS) is 1. The Morgan fingerprint density at radius 1 is 1.21 bits per heavy atom. The topological polar surface area (TPSA) is 121 Å². The molecule has 248 valence electrons. The van der Waals surface area contributed by atoms with Gasteiger partial charge in [0.1, 0.15) is 30.9 Å². The van der Waals surface area contributed by atoms with Crippen molar-refractivity contribution >= 4 is 50.0 Å². The number of hydrogen-bond acceptors (Lipinski definition) is 8. The molecule has 0 saturated carbocycles. The highest BCUT2D eigenvalue weighted by atomic mass is 35.5. The summed E-state index contributed by atoms with van der Waals surface area (Å²) in [5.41, 5.74) is -0.959. The molecule has 3 aromatic heterocycles. The zero-order chi connectivity index (χ0) is 34.3. The number of benzene rings is 2. The number of nitrogens with zero attached hydrogens (tertiary/aromatic N) is 5. The van der Waals surface area contributed by atoms with Gasteiger partial charge in [0.2, 0.25) is 0 Å². The van der Waals surface area contributed by atoms with Gasteiger partial charge in [0.25, 0.3) is 5.56 Å². The van der Waals surface area contributed by atoms with Crippen molar-refractivity contribution in [3.63, 3.8) is 0 Å². The number of carboxylic acids is 1. The second kappa shape index (κ2) is 13.1. The maximum atomic E-state index is 14.2. The summed E-state index contributed by atoms with van der Waals surface area (Å²) in [6.45, 7) is 1.77. The number of aromatic nitrogens is 3. The van der Waals surface area contributed by atoms with E-state index in [9.17, 15) is 37.5 Å². The van der Waals surface area contributed by atoms with Crippen LogP contribution in [0.4, 0.5) is 17.6 Å². The van der Waals surface area contributed by atoms with Crippen LogP contribution in [-0.4, -0.2) is 63.4 Å². The van der Waals surface area contributed by atoms with Gasteiger partial charge < -0.3 is 14.7 Å². The van der Waals surface area contributed by atoms with Crippen LogP contribution in [-0.2, 0) is 19.1 Å². The van der Waals surface area contributed by atoms with E-state index in [1.54, 1.807) is 29.2 Å². The van der Waals surface area contributed by atoms with E-state index in [4.69, 9.17) is 16.3 Å². The second-order valence-corrected chi connectivity index (χ2v) is 12.7. The fourth-order valence-electron chi connectivity index (χ4n) is 6.16. The summed E-state index contributed by atoms with van der Waals surface area (Å²) in [5.74, 6) is -0.818. The van der Waals surface area contributed by atoms with E-state index in [0.29, 0.717) is 45.2 Å². The van der Waals surface area contributed by atoms with Crippen LogP contribution in [0.2, 0.25) is 5.02 Å². The summed E-state index contributed by atoms with van der Waals surface area (Å²) in [6, 6.07) is 9.31. The normalized spacial score (nSPS) is 13.9. The lowest BCUT2D eigenvalue weighted by Gasteiger charge is -2.39. The summed E-state index contributed by atoms with van der Waals surface area (Å²) >= 11 is 7.53. The van der Waals surface area contributed by atoms with Gasteiger partial charge >= 0.3 is 12.1 Å². The van der Waals surface area contributed by atoms with Gasteiger partial charge in [-0.3, -0.25) is 14.3 Å². The van der Waals surface area contributed by atoms with E-state index in [2.05, 4.69) is 9.97 Å². The Morgan fingerprint density at radius 2 is 1.98 bits per heavy atom. The molecule has 4 heterocycles. The Hall–Kier alpha value is -4.58. The van der Waals surface area contributed by atoms with Crippen molar-refractivity contribution in [3.05, 3.63) is 85.4 Å². The number of halogens is 5. The number of alkyl halides is 4. The minimum atomic E-state index is -4.79. The molecule has 0 aliphatic carbocycles. The summed E-state index contributed by atoms with van der Waals surface area (Å²) in [7, 11) is 0. The number of nitriles is 1. The van der Waals surface area contributed by atoms with Crippen LogP contribution in [0.3, 0.4) is 0 Å². The first kappa shape index (κ1) is 33.3. The van der Waals surface area contributed by atoms with E-state index in [1.807, 2.05) is 6.07 Å². The number of pyridine rings is 1. The Balaban J connectivity index is 1.33. The number of likely N-dealkylation sites (tertiary alicyclic amines) is 1. The molecule has 48 heavy (non-hydrogen) atoms. The molecule has 1 aliphatic heterocycles. The van der Waals surface area contributed by atoms with Crippen LogP contribution in [0.5, 0.6) is 5.75 Å². The SMILES string of the molecule is Cc1nc2cc(C(F)(F)F)c(CC3CN(CCF)C3)c(C#N)c2c(=O)n1CCOc1ccc(Cl)cc1-c1ccnc2c(C(=O)O)csc12. The predicted octanol–water partition coefficient (Wildman–Crippen LogP) is 6.75. The molecule has 9 nitrogen and oxygen atoms in total. The molecular formula is C33H26ClF4N5O4S. The maximum absolute atomic E-state index is 14.2. The van der Waals surface area contributed by atoms with E-state index in [1.165, 1.54) is 34.4 Å². The number of rotatable bonds is 10. The van der Waals surface area contributed by atoms with Crippen molar-refractivity contribution in [3.8, 4) is 22.9 Å². The van der Waals surface area contributed by atoms with Gasteiger partial charge in [0, 0.05) is 47.4 Å². The van der Waals surface area contributed by atoms with E-state index in [-0.39, 0.29) is 65.5 Å². The van der Waals surface area contributed by atoms with Crippen molar-refractivity contribution in [2.75, 3.05) is 32.9 Å². The Bertz CT molecular complexity index is 2170. The summed E-state index contributed by atoms with van der Waals surface area (Å²) < 4.78 is 63.4. The molecule has 1 fully saturated rings. The predicted molar refractivity (Wildman–Crippen MR) is 173 cm³/mol. The smallest absolute Gasteiger partial charge is 0.416 e. The summed E-state index contributed by atoms with van der Waals surface area (Å²) in [4.78, 5) is 35.8. The van der Waals surface area contributed by atoms with Gasteiger partial charge in [-0.25, -0.2) is 14.2 Å². The largest absolute Gasteiger partial charge is 0.491 e. The summed E-state index contributed by atoms with van der Waals surface area (Å²) in [6.07, 6.45) is -3.39. The third-order valence-electron chi connectivity index (χ3n) is 8.38. The lowest BCUT2D eigenvalue weighted by molar-refractivity contribution is -0.138. The zero-order valence-electron chi connectivity index (χ0n) is 25.3. The Labute approximate surface area is 279 Å². The molecule has 1 N–H and O–H groups in total. The van der Waals surface area contributed by atoms with Crippen molar-refractivity contribution < 1.29 is 32.2 Å². The quantitative estimate of drug-likeness (QED) is 0.159. The second-order valence-electron chi connectivity index (χ2n) is 11.4. The lowest BCUT2D eigenvalue weighted by Crippen LogP contribution is -2.48. The first-order chi connectivity index (χ1) is 22.9. The Morgan fingerprint density at radius 3 is 2.67 bits per heavy atom. The minimum absolute atomic E-state index is 0.0500. The molecule has 0 radical (unpaired) electrons. The maximum Gasteiger partial charge on any atom is 0.416 e. The number of thiophene rings is 1. The van der Waals surface area contributed by atoms with Crippen molar-refractivity contribution in [1.29, 1.82) is 5.26 Å². The highest BCUT2D eigenvalue weighted by Crippen LogP contribution is 2.40. The minimum Gasteiger partial charge on any atom is -0.491 e. The fraction of sp³-hybridized carbons (Fsp3) is 0.303. The van der Waals surface area contributed by atoms with Crippen LogP contribution < -0.4 is 10.3 Å². The number of ether oxygens (including phenoxy) is 1. The van der Waals surface area contributed by atoms with Crippen molar-refractivity contribution in [1.82, 2.24) is 19.4 Å². The van der Waals surface area contributed by atoms with Gasteiger partial charge in [-0.15, -0.1) is 11.3 Å². The van der Waals surface area contributed by atoms with Gasteiger partial charge in [-0.1, -0.05) is 11.6 Å². The molecule has 0 unspecified atom stereocenters. The Kier molecular flexibility index (Phi) is 9.12. The first-order valence-corrected chi connectivity index (χ1v) is 16.0. The number of hydrogen-bond donors (Lipinski definition) is 1. The number of fused-ring (bicyclic) bond motifs is 2. The number of aromatic carboxylic acids is 1. The van der Waals surface area contributed by atoms with Crippen LogP contribution in [0.1, 0.15) is 32.9 Å². The molecule has 6 rings (SSSR count). The van der Waals surface area contributed by atoms with E-state index >= 15 is 0 Å². The van der Waals surface area contributed by atoms with Gasteiger partial charge in [-0.05, 0) is 55.2 Å². The zero-order valence-corrected chi connectivity index (χ0v) is 26.8. The fourth-order valence-corrected chi connectivity index (χ4v) is 7.36. The third-order valence-corrected chi connectivity index (χ3v) is 9.62. The number of aryl methyl sites for hydroxylation is 1. The van der Waals surface area contributed by atoms with Gasteiger partial charge in [0.05, 0.1) is 44.4 Å². The molecule has 1 aliphatic rings.